The Kier molecular flexibility index (Phi) is 5.43. The van der Waals surface area contributed by atoms with Crippen LogP contribution in [0.15, 0.2) is 42.5 Å². The Morgan fingerprint density at radius 2 is 1.95 bits per heavy atom. The molecule has 0 aliphatic heterocycles. The molecule has 21 heavy (non-hydrogen) atoms. The van der Waals surface area contributed by atoms with Crippen molar-refractivity contribution in [2.75, 3.05) is 30.9 Å². The first-order valence-electron chi connectivity index (χ1n) is 7.29. The summed E-state index contributed by atoms with van der Waals surface area (Å²) in [4.78, 5) is 6.59. The van der Waals surface area contributed by atoms with Gasteiger partial charge in [0.25, 0.3) is 0 Å². The zero-order chi connectivity index (χ0) is 15.1. The van der Waals surface area contributed by atoms with Gasteiger partial charge in [-0.25, -0.2) is 4.98 Å². The molecule has 0 radical (unpaired) electrons. The number of aromatic nitrogens is 1. The third-order valence-electron chi connectivity index (χ3n) is 3.08. The van der Waals surface area contributed by atoms with E-state index in [0.717, 1.165) is 35.9 Å². The highest BCUT2D eigenvalue weighted by atomic mass is 16.5. The van der Waals surface area contributed by atoms with Gasteiger partial charge in [-0.05, 0) is 30.7 Å². The van der Waals surface area contributed by atoms with Gasteiger partial charge < -0.3 is 15.0 Å². The standard InChI is InChI=1S/C17H23N3O/c1-4-11-18-17-10-5-7-14(19-17)13-21-16-9-6-8-15(12-16)20(2)3/h5-10,12H,4,11,13H2,1-3H3,(H,18,19). The maximum Gasteiger partial charge on any atom is 0.130 e. The summed E-state index contributed by atoms with van der Waals surface area (Å²) in [5, 5.41) is 3.28. The van der Waals surface area contributed by atoms with Gasteiger partial charge in [-0.15, -0.1) is 0 Å². The number of benzene rings is 1. The Bertz CT molecular complexity index is 569. The van der Waals surface area contributed by atoms with Crippen molar-refractivity contribution in [1.82, 2.24) is 4.98 Å². The molecule has 0 atom stereocenters. The summed E-state index contributed by atoms with van der Waals surface area (Å²) in [6.45, 7) is 3.54. The van der Waals surface area contributed by atoms with Crippen molar-refractivity contribution in [2.24, 2.45) is 0 Å². The number of nitrogens with zero attached hydrogens (tertiary/aromatic N) is 2. The largest absolute Gasteiger partial charge is 0.487 e. The highest BCUT2D eigenvalue weighted by Crippen LogP contribution is 2.20. The van der Waals surface area contributed by atoms with Crippen molar-refractivity contribution in [3.63, 3.8) is 0 Å². The van der Waals surface area contributed by atoms with Crippen LogP contribution in [-0.4, -0.2) is 25.6 Å². The van der Waals surface area contributed by atoms with Crippen molar-refractivity contribution in [1.29, 1.82) is 0 Å². The normalized spacial score (nSPS) is 10.2. The minimum absolute atomic E-state index is 0.471. The monoisotopic (exact) mass is 285 g/mol. The van der Waals surface area contributed by atoms with Gasteiger partial charge in [-0.3, -0.25) is 0 Å². The fourth-order valence-corrected chi connectivity index (χ4v) is 1.92. The lowest BCUT2D eigenvalue weighted by Crippen LogP contribution is -2.08. The van der Waals surface area contributed by atoms with E-state index in [9.17, 15) is 0 Å². The van der Waals surface area contributed by atoms with Crippen molar-refractivity contribution < 1.29 is 4.74 Å². The van der Waals surface area contributed by atoms with Gasteiger partial charge in [0.05, 0.1) is 5.69 Å². The summed E-state index contributed by atoms with van der Waals surface area (Å²) in [5.41, 5.74) is 2.05. The van der Waals surface area contributed by atoms with Crippen LogP contribution in [0.5, 0.6) is 5.75 Å². The molecule has 1 aromatic heterocycles. The molecule has 0 spiro atoms. The lowest BCUT2D eigenvalue weighted by atomic mass is 10.3. The SMILES string of the molecule is CCCNc1cccc(COc2cccc(N(C)C)c2)n1. The number of hydrogen-bond donors (Lipinski definition) is 1. The molecule has 0 saturated heterocycles. The average molecular weight is 285 g/mol. The molecular formula is C17H23N3O. The Balaban J connectivity index is 1.97. The third-order valence-corrected chi connectivity index (χ3v) is 3.08. The van der Waals surface area contributed by atoms with Crippen LogP contribution in [-0.2, 0) is 6.61 Å². The molecule has 2 rings (SSSR count). The van der Waals surface area contributed by atoms with Crippen LogP contribution < -0.4 is 15.0 Å². The topological polar surface area (TPSA) is 37.4 Å². The van der Waals surface area contributed by atoms with Crippen LogP contribution in [0.1, 0.15) is 19.0 Å². The second-order valence-electron chi connectivity index (χ2n) is 5.12. The molecule has 4 nitrogen and oxygen atoms in total. The van der Waals surface area contributed by atoms with E-state index in [-0.39, 0.29) is 0 Å². The Morgan fingerprint density at radius 1 is 1.14 bits per heavy atom. The van der Waals surface area contributed by atoms with E-state index in [0.29, 0.717) is 6.61 Å². The zero-order valence-electron chi connectivity index (χ0n) is 13.0. The Labute approximate surface area is 126 Å². The van der Waals surface area contributed by atoms with E-state index in [4.69, 9.17) is 4.74 Å². The summed E-state index contributed by atoms with van der Waals surface area (Å²) < 4.78 is 5.83. The van der Waals surface area contributed by atoms with Gasteiger partial charge in [0, 0.05) is 32.4 Å². The van der Waals surface area contributed by atoms with Gasteiger partial charge >= 0.3 is 0 Å². The minimum Gasteiger partial charge on any atom is -0.487 e. The fraction of sp³-hybridized carbons (Fsp3) is 0.353. The molecule has 0 aliphatic rings. The predicted octanol–water partition coefficient (Wildman–Crippen LogP) is 3.55. The van der Waals surface area contributed by atoms with Crippen LogP contribution in [0.2, 0.25) is 0 Å². The lowest BCUT2D eigenvalue weighted by Gasteiger charge is -2.14. The molecule has 0 bridgehead atoms. The van der Waals surface area contributed by atoms with Gasteiger partial charge in [0.1, 0.15) is 18.2 Å². The number of hydrogen-bond acceptors (Lipinski definition) is 4. The Hall–Kier alpha value is -2.23. The quantitative estimate of drug-likeness (QED) is 0.844. The van der Waals surface area contributed by atoms with E-state index in [1.165, 1.54) is 0 Å². The van der Waals surface area contributed by atoms with E-state index >= 15 is 0 Å². The highest BCUT2D eigenvalue weighted by Gasteiger charge is 2.01. The van der Waals surface area contributed by atoms with Gasteiger partial charge in [0.15, 0.2) is 0 Å². The highest BCUT2D eigenvalue weighted by molar-refractivity contribution is 5.49. The Morgan fingerprint density at radius 3 is 2.71 bits per heavy atom. The van der Waals surface area contributed by atoms with Crippen molar-refractivity contribution in [3.8, 4) is 5.75 Å². The van der Waals surface area contributed by atoms with Crippen molar-refractivity contribution in [2.45, 2.75) is 20.0 Å². The maximum atomic E-state index is 5.83. The molecule has 4 heteroatoms. The number of nitrogens with one attached hydrogen (secondary N) is 1. The summed E-state index contributed by atoms with van der Waals surface area (Å²) in [6.07, 6.45) is 1.08. The lowest BCUT2D eigenvalue weighted by molar-refractivity contribution is 0.301. The molecule has 112 valence electrons. The smallest absolute Gasteiger partial charge is 0.130 e. The van der Waals surface area contributed by atoms with Crippen LogP contribution in [0.25, 0.3) is 0 Å². The van der Waals surface area contributed by atoms with Gasteiger partial charge in [-0.1, -0.05) is 19.1 Å². The third kappa shape index (κ3) is 4.67. The molecule has 0 amide bonds. The minimum atomic E-state index is 0.471. The molecular weight excluding hydrogens is 262 g/mol. The summed E-state index contributed by atoms with van der Waals surface area (Å²) in [7, 11) is 4.03. The molecule has 0 saturated carbocycles. The van der Waals surface area contributed by atoms with Crippen LogP contribution in [0.4, 0.5) is 11.5 Å². The predicted molar refractivity (Wildman–Crippen MR) is 88.1 cm³/mol. The molecule has 2 aromatic rings. The average Bonchev–Trinajstić information content (AvgIpc) is 2.51. The van der Waals surface area contributed by atoms with E-state index in [1.807, 2.05) is 50.5 Å². The first-order chi connectivity index (χ1) is 10.2. The van der Waals surface area contributed by atoms with E-state index in [2.05, 4.69) is 28.2 Å². The molecule has 0 unspecified atom stereocenters. The van der Waals surface area contributed by atoms with Crippen LogP contribution in [0, 0.1) is 0 Å². The first-order valence-corrected chi connectivity index (χ1v) is 7.29. The number of rotatable bonds is 7. The van der Waals surface area contributed by atoms with Crippen LogP contribution in [0.3, 0.4) is 0 Å². The van der Waals surface area contributed by atoms with Gasteiger partial charge in [0.2, 0.25) is 0 Å². The first kappa shape index (κ1) is 15.2. The van der Waals surface area contributed by atoms with Crippen molar-refractivity contribution in [3.05, 3.63) is 48.2 Å². The molecule has 0 aliphatic carbocycles. The molecule has 1 heterocycles. The van der Waals surface area contributed by atoms with E-state index in [1.54, 1.807) is 0 Å². The molecule has 0 fully saturated rings. The van der Waals surface area contributed by atoms with Crippen molar-refractivity contribution >= 4 is 11.5 Å². The summed E-state index contributed by atoms with van der Waals surface area (Å²) in [5.74, 6) is 1.76. The fourth-order valence-electron chi connectivity index (χ4n) is 1.92. The number of ether oxygens (including phenoxy) is 1. The molecule has 1 aromatic carbocycles. The summed E-state index contributed by atoms with van der Waals surface area (Å²) in [6, 6.07) is 14.0. The second-order valence-corrected chi connectivity index (χ2v) is 5.12. The zero-order valence-corrected chi connectivity index (χ0v) is 13.0. The summed E-state index contributed by atoms with van der Waals surface area (Å²) >= 11 is 0. The maximum absolute atomic E-state index is 5.83. The molecule has 1 N–H and O–H groups in total. The van der Waals surface area contributed by atoms with Gasteiger partial charge in [-0.2, -0.15) is 0 Å². The second kappa shape index (κ2) is 7.53. The number of anilines is 2. The van der Waals surface area contributed by atoms with Crippen LogP contribution >= 0.6 is 0 Å². The van der Waals surface area contributed by atoms with E-state index < -0.39 is 0 Å². The number of pyridine rings is 1.